The lowest BCUT2D eigenvalue weighted by atomic mass is 9.93. The van der Waals surface area contributed by atoms with E-state index in [0.717, 1.165) is 35.1 Å². The Bertz CT molecular complexity index is 1020. The zero-order chi connectivity index (χ0) is 24.2. The number of likely N-dealkylation sites (tertiary alicyclic amines) is 1. The van der Waals surface area contributed by atoms with Crippen LogP contribution in [0, 0.1) is 11.8 Å². The molecule has 34 heavy (non-hydrogen) atoms. The van der Waals surface area contributed by atoms with Crippen molar-refractivity contribution in [1.82, 2.24) is 10.2 Å². The molecule has 1 aliphatic heterocycles. The molecule has 1 fully saturated rings. The Hall–Kier alpha value is -3.35. The summed E-state index contributed by atoms with van der Waals surface area (Å²) in [7, 11) is 0. The minimum atomic E-state index is -0.850. The van der Waals surface area contributed by atoms with Gasteiger partial charge in [-0.3, -0.25) is 9.59 Å². The normalized spacial score (nSPS) is 18.2. The van der Waals surface area contributed by atoms with Crippen molar-refractivity contribution in [3.63, 3.8) is 0 Å². The molecule has 2 aromatic rings. The van der Waals surface area contributed by atoms with Crippen LogP contribution in [0.3, 0.4) is 0 Å². The van der Waals surface area contributed by atoms with Crippen LogP contribution >= 0.6 is 0 Å². The van der Waals surface area contributed by atoms with Crippen molar-refractivity contribution in [2.45, 2.75) is 45.1 Å². The molecular weight excluding hydrogens is 432 g/mol. The fraction of sp³-hybridized carbons (Fsp3) is 0.444. The third-order valence-corrected chi connectivity index (χ3v) is 6.84. The summed E-state index contributed by atoms with van der Waals surface area (Å²) in [5.74, 6) is -1.27. The Morgan fingerprint density at radius 2 is 1.68 bits per heavy atom. The van der Waals surface area contributed by atoms with Gasteiger partial charge in [0.2, 0.25) is 5.91 Å². The van der Waals surface area contributed by atoms with E-state index in [1.807, 2.05) is 38.1 Å². The standard InChI is InChI=1S/C27H32N2O5/c1-17(2)25(26(32)29-13-7-8-18(15-29)14-24(30)31)28-27(33)34-16-23-21-11-5-3-9-19(21)20-10-4-6-12-22(20)23/h3-6,9-12,17-18,23,25H,7-8,13-16H2,1-2H3,(H,28,33)(H,30,31)/t18?,25-/m1/s1. The van der Waals surface area contributed by atoms with Crippen molar-refractivity contribution < 1.29 is 24.2 Å². The number of carbonyl (C=O) groups excluding carboxylic acids is 2. The van der Waals surface area contributed by atoms with E-state index in [0.29, 0.717) is 13.1 Å². The number of ether oxygens (including phenoxy) is 1. The molecule has 1 aliphatic carbocycles. The summed E-state index contributed by atoms with van der Waals surface area (Å²) in [5.41, 5.74) is 4.57. The van der Waals surface area contributed by atoms with Gasteiger partial charge in [0.25, 0.3) is 0 Å². The minimum absolute atomic E-state index is 0.0507. The maximum absolute atomic E-state index is 13.2. The van der Waals surface area contributed by atoms with E-state index in [4.69, 9.17) is 9.84 Å². The number of carbonyl (C=O) groups is 3. The summed E-state index contributed by atoms with van der Waals surface area (Å²) in [6, 6.07) is 15.5. The first-order chi connectivity index (χ1) is 16.3. The largest absolute Gasteiger partial charge is 0.481 e. The number of carboxylic acid groups (broad SMARTS) is 1. The summed E-state index contributed by atoms with van der Waals surface area (Å²) < 4.78 is 5.63. The Kier molecular flexibility index (Phi) is 7.20. The molecule has 2 amide bonds. The molecule has 4 rings (SSSR count). The highest BCUT2D eigenvalue weighted by atomic mass is 16.5. The number of rotatable bonds is 7. The van der Waals surface area contributed by atoms with Crippen molar-refractivity contribution in [2.75, 3.05) is 19.7 Å². The van der Waals surface area contributed by atoms with Crippen LogP contribution in [-0.4, -0.2) is 53.7 Å². The molecule has 0 bridgehead atoms. The maximum Gasteiger partial charge on any atom is 0.407 e. The number of aliphatic carboxylic acids is 1. The number of hydrogen-bond acceptors (Lipinski definition) is 4. The molecule has 0 aromatic heterocycles. The molecule has 0 spiro atoms. The highest BCUT2D eigenvalue weighted by molar-refractivity contribution is 5.86. The molecule has 2 aliphatic rings. The summed E-state index contributed by atoms with van der Waals surface area (Å²) in [5, 5.41) is 11.9. The molecule has 7 heteroatoms. The first-order valence-electron chi connectivity index (χ1n) is 12.0. The SMILES string of the molecule is CC(C)[C@@H](NC(=O)OCC1c2ccccc2-c2ccccc21)C(=O)N1CCCC(CC(=O)O)C1. The minimum Gasteiger partial charge on any atom is -0.481 e. The molecule has 0 radical (unpaired) electrons. The van der Waals surface area contributed by atoms with Crippen molar-refractivity contribution in [2.24, 2.45) is 11.8 Å². The van der Waals surface area contributed by atoms with Crippen LogP contribution in [0.15, 0.2) is 48.5 Å². The van der Waals surface area contributed by atoms with Gasteiger partial charge in [0.15, 0.2) is 0 Å². The van der Waals surface area contributed by atoms with Crippen molar-refractivity contribution in [3.8, 4) is 11.1 Å². The first-order valence-corrected chi connectivity index (χ1v) is 12.0. The van der Waals surface area contributed by atoms with Crippen LogP contribution in [0.1, 0.15) is 50.2 Å². The van der Waals surface area contributed by atoms with Gasteiger partial charge in [-0.1, -0.05) is 62.4 Å². The molecule has 2 N–H and O–H groups in total. The van der Waals surface area contributed by atoms with E-state index in [1.165, 1.54) is 0 Å². The fourth-order valence-electron chi connectivity index (χ4n) is 5.16. The quantitative estimate of drug-likeness (QED) is 0.638. The van der Waals surface area contributed by atoms with Crippen LogP contribution in [0.5, 0.6) is 0 Å². The van der Waals surface area contributed by atoms with Gasteiger partial charge < -0.3 is 20.1 Å². The molecule has 180 valence electrons. The second-order valence-electron chi connectivity index (χ2n) is 9.58. The number of hydrogen-bond donors (Lipinski definition) is 2. The van der Waals surface area contributed by atoms with Crippen LogP contribution in [0.4, 0.5) is 4.79 Å². The van der Waals surface area contributed by atoms with E-state index in [2.05, 4.69) is 29.6 Å². The number of nitrogens with zero attached hydrogens (tertiary/aromatic N) is 1. The second-order valence-corrected chi connectivity index (χ2v) is 9.58. The van der Waals surface area contributed by atoms with Gasteiger partial charge in [-0.15, -0.1) is 0 Å². The van der Waals surface area contributed by atoms with Gasteiger partial charge in [-0.05, 0) is 46.9 Å². The third-order valence-electron chi connectivity index (χ3n) is 6.84. The smallest absolute Gasteiger partial charge is 0.407 e. The zero-order valence-electron chi connectivity index (χ0n) is 19.7. The topological polar surface area (TPSA) is 95.9 Å². The third kappa shape index (κ3) is 5.08. The van der Waals surface area contributed by atoms with E-state index in [1.54, 1.807) is 4.90 Å². The lowest BCUT2D eigenvalue weighted by molar-refractivity contribution is -0.141. The average molecular weight is 465 g/mol. The number of amides is 2. The second kappa shape index (κ2) is 10.3. The summed E-state index contributed by atoms with van der Waals surface area (Å²) >= 11 is 0. The lowest BCUT2D eigenvalue weighted by Crippen LogP contribution is -2.53. The van der Waals surface area contributed by atoms with Crippen molar-refractivity contribution in [3.05, 3.63) is 59.7 Å². The first kappa shape index (κ1) is 23.8. The van der Waals surface area contributed by atoms with Gasteiger partial charge in [0, 0.05) is 25.4 Å². The Morgan fingerprint density at radius 3 is 2.26 bits per heavy atom. The van der Waals surface area contributed by atoms with Gasteiger partial charge in [-0.2, -0.15) is 0 Å². The van der Waals surface area contributed by atoms with Gasteiger partial charge in [-0.25, -0.2) is 4.79 Å². The molecule has 1 heterocycles. The van der Waals surface area contributed by atoms with Crippen molar-refractivity contribution >= 4 is 18.0 Å². The highest BCUT2D eigenvalue weighted by Crippen LogP contribution is 2.44. The van der Waals surface area contributed by atoms with Crippen LogP contribution in [-0.2, 0) is 14.3 Å². The molecule has 7 nitrogen and oxygen atoms in total. The van der Waals surface area contributed by atoms with Crippen LogP contribution < -0.4 is 5.32 Å². The number of alkyl carbamates (subject to hydrolysis) is 1. The van der Waals surface area contributed by atoms with Gasteiger partial charge >= 0.3 is 12.1 Å². The number of piperidine rings is 1. The average Bonchev–Trinajstić information content (AvgIpc) is 3.14. The molecule has 0 saturated carbocycles. The Morgan fingerprint density at radius 1 is 1.06 bits per heavy atom. The predicted octanol–water partition coefficient (Wildman–Crippen LogP) is 4.26. The van der Waals surface area contributed by atoms with Crippen LogP contribution in [0.25, 0.3) is 11.1 Å². The summed E-state index contributed by atoms with van der Waals surface area (Å²) in [4.78, 5) is 38.7. The predicted molar refractivity (Wildman–Crippen MR) is 128 cm³/mol. The molecule has 2 aromatic carbocycles. The number of nitrogens with one attached hydrogen (secondary N) is 1. The Balaban J connectivity index is 1.39. The Labute approximate surface area is 200 Å². The van der Waals surface area contributed by atoms with Crippen molar-refractivity contribution in [1.29, 1.82) is 0 Å². The number of carboxylic acids is 1. The molecule has 2 atom stereocenters. The number of benzene rings is 2. The molecule has 1 saturated heterocycles. The highest BCUT2D eigenvalue weighted by Gasteiger charge is 2.34. The summed E-state index contributed by atoms with van der Waals surface area (Å²) in [6.07, 6.45) is 0.991. The zero-order valence-corrected chi connectivity index (χ0v) is 19.7. The van der Waals surface area contributed by atoms with E-state index in [-0.39, 0.29) is 36.7 Å². The number of fused-ring (bicyclic) bond motifs is 3. The van der Waals surface area contributed by atoms with E-state index in [9.17, 15) is 14.4 Å². The molecular formula is C27H32N2O5. The van der Waals surface area contributed by atoms with Gasteiger partial charge in [0.05, 0.1) is 0 Å². The van der Waals surface area contributed by atoms with Gasteiger partial charge in [0.1, 0.15) is 12.6 Å². The fourth-order valence-corrected chi connectivity index (χ4v) is 5.16. The summed E-state index contributed by atoms with van der Waals surface area (Å²) in [6.45, 7) is 4.92. The van der Waals surface area contributed by atoms with E-state index >= 15 is 0 Å². The maximum atomic E-state index is 13.2. The van der Waals surface area contributed by atoms with E-state index < -0.39 is 18.1 Å². The molecule has 1 unspecified atom stereocenters. The van der Waals surface area contributed by atoms with Crippen LogP contribution in [0.2, 0.25) is 0 Å². The lowest BCUT2D eigenvalue weighted by Gasteiger charge is -2.35. The monoisotopic (exact) mass is 464 g/mol.